The molecule has 3 rings (SSSR count). The van der Waals surface area contributed by atoms with Crippen LogP contribution in [0.4, 0.5) is 0 Å². The molecule has 1 aromatic carbocycles. The lowest BCUT2D eigenvalue weighted by atomic mass is 9.96. The van der Waals surface area contributed by atoms with Gasteiger partial charge in [0.1, 0.15) is 12.4 Å². The average Bonchev–Trinajstić information content (AvgIpc) is 3.13. The van der Waals surface area contributed by atoms with Crippen LogP contribution in [0.5, 0.6) is 5.75 Å². The van der Waals surface area contributed by atoms with E-state index in [4.69, 9.17) is 15.2 Å². The summed E-state index contributed by atoms with van der Waals surface area (Å²) in [6.07, 6.45) is 4.33. The number of piperidine rings is 1. The fourth-order valence-electron chi connectivity index (χ4n) is 3.24. The number of nitrogens with two attached hydrogens (primary N) is 1. The van der Waals surface area contributed by atoms with Gasteiger partial charge in [-0.3, -0.25) is 4.79 Å². The highest BCUT2D eigenvalue weighted by molar-refractivity contribution is 5.94. The maximum Gasteiger partial charge on any atom is 0.253 e. The van der Waals surface area contributed by atoms with Gasteiger partial charge in [0.05, 0.1) is 6.10 Å². The van der Waals surface area contributed by atoms with Crippen molar-refractivity contribution >= 4 is 5.91 Å². The molecule has 2 aliphatic heterocycles. The number of nitrogens with zero attached hydrogens (tertiary/aromatic N) is 1. The predicted molar refractivity (Wildman–Crippen MR) is 88.6 cm³/mol. The first-order valence-corrected chi connectivity index (χ1v) is 8.60. The maximum absolute atomic E-state index is 12.6. The molecular formula is C18H26N2O3. The summed E-state index contributed by atoms with van der Waals surface area (Å²) >= 11 is 0. The van der Waals surface area contributed by atoms with Crippen molar-refractivity contribution in [2.75, 3.05) is 32.8 Å². The topological polar surface area (TPSA) is 64.8 Å². The van der Waals surface area contributed by atoms with E-state index in [1.165, 1.54) is 0 Å². The zero-order chi connectivity index (χ0) is 16.1. The number of ether oxygens (including phenoxy) is 2. The third kappa shape index (κ3) is 4.24. The van der Waals surface area contributed by atoms with E-state index < -0.39 is 0 Å². The summed E-state index contributed by atoms with van der Waals surface area (Å²) in [5.74, 6) is 1.38. The summed E-state index contributed by atoms with van der Waals surface area (Å²) in [4.78, 5) is 14.5. The van der Waals surface area contributed by atoms with E-state index >= 15 is 0 Å². The summed E-state index contributed by atoms with van der Waals surface area (Å²) in [6, 6.07) is 7.47. The van der Waals surface area contributed by atoms with Crippen LogP contribution in [0.25, 0.3) is 0 Å². The van der Waals surface area contributed by atoms with Crippen LogP contribution < -0.4 is 10.5 Å². The lowest BCUT2D eigenvalue weighted by molar-refractivity contribution is 0.0671. The third-order valence-corrected chi connectivity index (χ3v) is 4.78. The Kier molecular flexibility index (Phi) is 5.51. The molecule has 1 atom stereocenters. The Morgan fingerprint density at radius 3 is 2.83 bits per heavy atom. The van der Waals surface area contributed by atoms with Gasteiger partial charge in [0.15, 0.2) is 0 Å². The molecule has 126 valence electrons. The zero-order valence-electron chi connectivity index (χ0n) is 13.6. The van der Waals surface area contributed by atoms with Crippen molar-refractivity contribution in [1.82, 2.24) is 4.90 Å². The van der Waals surface area contributed by atoms with E-state index in [1.54, 1.807) is 0 Å². The van der Waals surface area contributed by atoms with Crippen LogP contribution in [0.3, 0.4) is 0 Å². The van der Waals surface area contributed by atoms with Gasteiger partial charge < -0.3 is 20.1 Å². The number of carbonyl (C=O) groups excluding carboxylic acids is 1. The summed E-state index contributed by atoms with van der Waals surface area (Å²) < 4.78 is 11.3. The lowest BCUT2D eigenvalue weighted by Crippen LogP contribution is -2.40. The minimum absolute atomic E-state index is 0.0861. The molecule has 0 radical (unpaired) electrons. The number of hydrogen-bond donors (Lipinski definition) is 1. The zero-order valence-corrected chi connectivity index (χ0v) is 13.6. The standard InChI is InChI=1S/C18H26N2O3/c19-12-14-6-8-20(9-7-14)18(21)15-3-1-4-16(11-15)23-13-17-5-2-10-22-17/h1,3-4,11,14,17H,2,5-10,12-13,19H2. The molecule has 0 spiro atoms. The highest BCUT2D eigenvalue weighted by Gasteiger charge is 2.23. The van der Waals surface area contributed by atoms with Crippen LogP contribution in [0.15, 0.2) is 24.3 Å². The quantitative estimate of drug-likeness (QED) is 0.902. The molecule has 1 aromatic rings. The van der Waals surface area contributed by atoms with Gasteiger partial charge in [0.2, 0.25) is 0 Å². The molecule has 2 saturated heterocycles. The molecule has 0 aromatic heterocycles. The van der Waals surface area contributed by atoms with E-state index in [0.717, 1.165) is 51.1 Å². The van der Waals surface area contributed by atoms with Gasteiger partial charge in [0.25, 0.3) is 5.91 Å². The molecule has 1 unspecified atom stereocenters. The molecule has 0 bridgehead atoms. The number of benzene rings is 1. The van der Waals surface area contributed by atoms with Crippen LogP contribution in [0.2, 0.25) is 0 Å². The maximum atomic E-state index is 12.6. The molecule has 23 heavy (non-hydrogen) atoms. The largest absolute Gasteiger partial charge is 0.491 e. The summed E-state index contributed by atoms with van der Waals surface area (Å²) in [5, 5.41) is 0. The molecule has 2 heterocycles. The van der Waals surface area contributed by atoms with Crippen molar-refractivity contribution in [3.8, 4) is 5.75 Å². The van der Waals surface area contributed by atoms with E-state index in [-0.39, 0.29) is 12.0 Å². The Labute approximate surface area is 137 Å². The molecule has 1 amide bonds. The molecule has 5 nitrogen and oxygen atoms in total. The number of likely N-dealkylation sites (tertiary alicyclic amines) is 1. The molecule has 2 aliphatic rings. The monoisotopic (exact) mass is 318 g/mol. The van der Waals surface area contributed by atoms with Crippen molar-refractivity contribution < 1.29 is 14.3 Å². The molecule has 5 heteroatoms. The van der Waals surface area contributed by atoms with Crippen molar-refractivity contribution in [3.05, 3.63) is 29.8 Å². The Balaban J connectivity index is 1.56. The van der Waals surface area contributed by atoms with Gasteiger partial charge in [-0.1, -0.05) is 6.07 Å². The first-order chi connectivity index (χ1) is 11.3. The first-order valence-electron chi connectivity index (χ1n) is 8.60. The Bertz CT molecular complexity index is 521. The van der Waals surface area contributed by atoms with Crippen molar-refractivity contribution in [1.29, 1.82) is 0 Å². The third-order valence-electron chi connectivity index (χ3n) is 4.78. The molecular weight excluding hydrogens is 292 g/mol. The second-order valence-corrected chi connectivity index (χ2v) is 6.45. The molecule has 0 aliphatic carbocycles. The lowest BCUT2D eigenvalue weighted by Gasteiger charge is -2.31. The Hall–Kier alpha value is -1.59. The summed E-state index contributed by atoms with van der Waals surface area (Å²) in [5.41, 5.74) is 6.41. The van der Waals surface area contributed by atoms with Crippen molar-refractivity contribution in [2.45, 2.75) is 31.8 Å². The van der Waals surface area contributed by atoms with E-state index in [1.807, 2.05) is 29.2 Å². The minimum Gasteiger partial charge on any atom is -0.491 e. The van der Waals surface area contributed by atoms with Crippen LogP contribution in [0, 0.1) is 5.92 Å². The second kappa shape index (κ2) is 7.79. The second-order valence-electron chi connectivity index (χ2n) is 6.45. The highest BCUT2D eigenvalue weighted by Crippen LogP contribution is 2.21. The highest BCUT2D eigenvalue weighted by atomic mass is 16.5. The van der Waals surface area contributed by atoms with Crippen LogP contribution in [-0.2, 0) is 4.74 Å². The number of amides is 1. The first kappa shape index (κ1) is 16.3. The van der Waals surface area contributed by atoms with E-state index in [2.05, 4.69) is 0 Å². The summed E-state index contributed by atoms with van der Waals surface area (Å²) in [7, 11) is 0. The fraction of sp³-hybridized carbons (Fsp3) is 0.611. The average molecular weight is 318 g/mol. The number of rotatable bonds is 5. The van der Waals surface area contributed by atoms with E-state index in [0.29, 0.717) is 24.6 Å². The number of hydrogen-bond acceptors (Lipinski definition) is 4. The fourth-order valence-corrected chi connectivity index (χ4v) is 3.24. The molecule has 0 saturated carbocycles. The van der Waals surface area contributed by atoms with Gasteiger partial charge in [-0.25, -0.2) is 0 Å². The predicted octanol–water partition coefficient (Wildman–Crippen LogP) is 2.06. The van der Waals surface area contributed by atoms with Gasteiger partial charge >= 0.3 is 0 Å². The molecule has 2 fully saturated rings. The number of carbonyl (C=O) groups is 1. The smallest absolute Gasteiger partial charge is 0.253 e. The summed E-state index contributed by atoms with van der Waals surface area (Å²) in [6.45, 7) is 3.68. The Morgan fingerprint density at radius 2 is 2.13 bits per heavy atom. The van der Waals surface area contributed by atoms with Crippen molar-refractivity contribution in [3.63, 3.8) is 0 Å². The van der Waals surface area contributed by atoms with Crippen LogP contribution in [0.1, 0.15) is 36.0 Å². The van der Waals surface area contributed by atoms with Gasteiger partial charge in [-0.05, 0) is 56.3 Å². The SMILES string of the molecule is NCC1CCN(C(=O)c2cccc(OCC3CCCO3)c2)CC1. The van der Waals surface area contributed by atoms with Gasteiger partial charge in [-0.2, -0.15) is 0 Å². The van der Waals surface area contributed by atoms with Crippen LogP contribution in [-0.4, -0.2) is 49.8 Å². The van der Waals surface area contributed by atoms with Crippen LogP contribution >= 0.6 is 0 Å². The normalized spacial score (nSPS) is 22.3. The minimum atomic E-state index is 0.0861. The van der Waals surface area contributed by atoms with Crippen molar-refractivity contribution in [2.24, 2.45) is 11.7 Å². The van der Waals surface area contributed by atoms with Gasteiger partial charge in [0, 0.05) is 25.3 Å². The van der Waals surface area contributed by atoms with Gasteiger partial charge in [-0.15, -0.1) is 0 Å². The van der Waals surface area contributed by atoms with E-state index in [9.17, 15) is 4.79 Å². The Morgan fingerprint density at radius 1 is 1.30 bits per heavy atom. The molecule has 2 N–H and O–H groups in total.